The third-order valence-corrected chi connectivity index (χ3v) is 9.78. The van der Waals surface area contributed by atoms with Crippen LogP contribution in [0.2, 0.25) is 20.1 Å². The number of carbonyl (C=O) groups excluding carboxylic acids is 1. The van der Waals surface area contributed by atoms with Crippen LogP contribution >= 0.6 is 46.4 Å². The van der Waals surface area contributed by atoms with Crippen LogP contribution < -0.4 is 21.3 Å². The number of aliphatic hydroxyl groups excluding tert-OH is 1. The minimum atomic E-state index is -0.791. The van der Waals surface area contributed by atoms with Gasteiger partial charge < -0.3 is 26.4 Å². The topological polar surface area (TPSA) is 120 Å². The van der Waals surface area contributed by atoms with E-state index in [0.29, 0.717) is 52.7 Å². The molecule has 1 aromatic heterocycles. The summed E-state index contributed by atoms with van der Waals surface area (Å²) in [4.78, 5) is 25.0. The van der Waals surface area contributed by atoms with Gasteiger partial charge in [0.1, 0.15) is 12.4 Å². The van der Waals surface area contributed by atoms with E-state index in [4.69, 9.17) is 52.1 Å². The van der Waals surface area contributed by atoms with E-state index in [1.807, 2.05) is 49.6 Å². The van der Waals surface area contributed by atoms with Gasteiger partial charge in [-0.25, -0.2) is 9.97 Å². The Balaban J connectivity index is 1.42. The van der Waals surface area contributed by atoms with Crippen LogP contribution in [-0.2, 0) is 17.9 Å². The van der Waals surface area contributed by atoms with Gasteiger partial charge >= 0.3 is 0 Å². The minimum Gasteiger partial charge on any atom is -0.391 e. The van der Waals surface area contributed by atoms with E-state index >= 15 is 4.39 Å². The van der Waals surface area contributed by atoms with Crippen molar-refractivity contribution in [1.29, 1.82) is 0 Å². The average Bonchev–Trinajstić information content (AvgIpc) is 3.00. The average molecular weight is 744 g/mol. The summed E-state index contributed by atoms with van der Waals surface area (Å²) in [5.74, 6) is -0.822. The van der Waals surface area contributed by atoms with Gasteiger partial charge in [-0.1, -0.05) is 86.2 Å². The highest BCUT2D eigenvalue weighted by Gasteiger charge is 2.39. The number of carbonyl (C=O) groups is 1. The molecule has 0 spiro atoms. The molecule has 0 bridgehead atoms. The quantitative estimate of drug-likeness (QED) is 0.137. The molecule has 48 heavy (non-hydrogen) atoms. The smallest absolute Gasteiger partial charge is 0.236 e. The number of primary amides is 1. The Bertz CT molecular complexity index is 1550. The molecule has 3 aromatic rings. The van der Waals surface area contributed by atoms with Gasteiger partial charge in [-0.3, -0.25) is 9.69 Å². The summed E-state index contributed by atoms with van der Waals surface area (Å²) < 4.78 is 15.9. The standard InChI is InChI=1S/C34H44Cl4FN7O2/c1-19(2)15-46(16-23-6-8-25(36)12-27(23)38)34-29(39)33(43-18-44-34)42-14-22-9-10-45(17-28(22)47)31(32(40)48)30(20(3)4)41-13-21-5-7-24(35)11-26(21)37/h5-8,11-12,18-20,22,28,30-31,41,47H,9-10,13-17H2,1-4H3,(H2,40,48)(H,42,43,44)/t22-,28+,30?,31?/m1/s1. The molecular weight excluding hydrogens is 699 g/mol. The zero-order valence-electron chi connectivity index (χ0n) is 27.6. The van der Waals surface area contributed by atoms with Crippen molar-refractivity contribution in [3.8, 4) is 0 Å². The van der Waals surface area contributed by atoms with Crippen LogP contribution in [0.25, 0.3) is 0 Å². The monoisotopic (exact) mass is 741 g/mol. The van der Waals surface area contributed by atoms with Crippen LogP contribution in [0.15, 0.2) is 42.7 Å². The summed E-state index contributed by atoms with van der Waals surface area (Å²) >= 11 is 24.9. The van der Waals surface area contributed by atoms with Crippen LogP contribution in [0, 0.1) is 23.6 Å². The summed E-state index contributed by atoms with van der Waals surface area (Å²) in [5, 5.41) is 19.9. The normalized spacial score (nSPS) is 18.2. The highest BCUT2D eigenvalue weighted by Crippen LogP contribution is 2.29. The van der Waals surface area contributed by atoms with Gasteiger partial charge in [-0.15, -0.1) is 0 Å². The van der Waals surface area contributed by atoms with Gasteiger partial charge in [0.2, 0.25) is 11.7 Å². The van der Waals surface area contributed by atoms with Crippen LogP contribution in [0.3, 0.4) is 0 Å². The molecule has 9 nitrogen and oxygen atoms in total. The van der Waals surface area contributed by atoms with Crippen molar-refractivity contribution in [3.63, 3.8) is 0 Å². The van der Waals surface area contributed by atoms with Gasteiger partial charge in [0.05, 0.1) is 6.10 Å². The predicted octanol–water partition coefficient (Wildman–Crippen LogP) is 6.65. The summed E-state index contributed by atoms with van der Waals surface area (Å²) in [6.45, 7) is 10.4. The lowest BCUT2D eigenvalue weighted by Crippen LogP contribution is -2.62. The largest absolute Gasteiger partial charge is 0.391 e. The second-order valence-corrected chi connectivity index (χ2v) is 14.8. The summed E-state index contributed by atoms with van der Waals surface area (Å²) in [7, 11) is 0. The number of aromatic nitrogens is 2. The fourth-order valence-electron chi connectivity index (χ4n) is 6.14. The first-order chi connectivity index (χ1) is 22.7. The molecule has 2 heterocycles. The number of piperidine rings is 1. The lowest BCUT2D eigenvalue weighted by atomic mass is 9.88. The molecule has 1 aliphatic rings. The Morgan fingerprint density at radius 1 is 1.06 bits per heavy atom. The molecule has 0 saturated carbocycles. The summed E-state index contributed by atoms with van der Waals surface area (Å²) in [6, 6.07) is 9.55. The molecule has 1 amide bonds. The molecule has 1 aliphatic heterocycles. The molecular formula is C34H44Cl4FN7O2. The van der Waals surface area contributed by atoms with E-state index in [-0.39, 0.29) is 48.5 Å². The number of rotatable bonds is 15. The Morgan fingerprint density at radius 3 is 2.27 bits per heavy atom. The van der Waals surface area contributed by atoms with E-state index in [1.54, 1.807) is 24.3 Å². The fourth-order valence-corrected chi connectivity index (χ4v) is 7.08. The Labute approximate surface area is 302 Å². The van der Waals surface area contributed by atoms with E-state index in [0.717, 1.165) is 11.1 Å². The number of likely N-dealkylation sites (tertiary alicyclic amines) is 1. The summed E-state index contributed by atoms with van der Waals surface area (Å²) in [6.07, 6.45) is 1.09. The van der Waals surface area contributed by atoms with E-state index < -0.39 is 23.9 Å². The van der Waals surface area contributed by atoms with Crippen molar-refractivity contribution in [2.45, 2.75) is 65.4 Å². The second kappa shape index (κ2) is 17.5. The number of anilines is 2. The van der Waals surface area contributed by atoms with Gasteiger partial charge in [-0.2, -0.15) is 4.39 Å². The molecule has 0 aliphatic carbocycles. The highest BCUT2D eigenvalue weighted by atomic mass is 35.5. The maximum atomic E-state index is 15.9. The number of hydrogen-bond donors (Lipinski definition) is 4. The fraction of sp³-hybridized carbons (Fsp3) is 0.500. The molecule has 5 N–H and O–H groups in total. The Kier molecular flexibility index (Phi) is 14.0. The third-order valence-electron chi connectivity index (χ3n) is 8.60. The van der Waals surface area contributed by atoms with Gasteiger partial charge in [0, 0.05) is 64.8 Å². The number of β-amino-alcohol motifs (C(OH)–C–C–N with tert-alkyl or cyclic N) is 1. The van der Waals surface area contributed by atoms with Crippen molar-refractivity contribution in [3.05, 3.63) is 79.8 Å². The number of benzene rings is 2. The van der Waals surface area contributed by atoms with Gasteiger partial charge in [-0.05, 0) is 60.2 Å². The van der Waals surface area contributed by atoms with Crippen LogP contribution in [-0.4, -0.2) is 70.2 Å². The highest BCUT2D eigenvalue weighted by molar-refractivity contribution is 6.35. The first kappa shape index (κ1) is 38.4. The Morgan fingerprint density at radius 2 is 1.71 bits per heavy atom. The lowest BCUT2D eigenvalue weighted by Gasteiger charge is -2.43. The molecule has 1 saturated heterocycles. The van der Waals surface area contributed by atoms with Gasteiger partial charge in [0.15, 0.2) is 11.6 Å². The number of halogens is 5. The molecule has 2 unspecified atom stereocenters. The molecule has 1 fully saturated rings. The maximum absolute atomic E-state index is 15.9. The molecule has 0 radical (unpaired) electrons. The molecule has 4 rings (SSSR count). The number of nitrogens with zero attached hydrogens (tertiary/aromatic N) is 4. The van der Waals surface area contributed by atoms with E-state index in [1.165, 1.54) is 6.33 Å². The maximum Gasteiger partial charge on any atom is 0.236 e. The van der Waals surface area contributed by atoms with Crippen LogP contribution in [0.5, 0.6) is 0 Å². The molecule has 14 heteroatoms. The number of nitrogens with two attached hydrogens (primary N) is 1. The van der Waals surface area contributed by atoms with Crippen molar-refractivity contribution < 1.29 is 14.3 Å². The first-order valence-corrected chi connectivity index (χ1v) is 17.6. The lowest BCUT2D eigenvalue weighted by molar-refractivity contribution is -0.127. The second-order valence-electron chi connectivity index (χ2n) is 13.1. The molecule has 4 atom stereocenters. The predicted molar refractivity (Wildman–Crippen MR) is 193 cm³/mol. The van der Waals surface area contributed by atoms with Crippen LogP contribution in [0.1, 0.15) is 45.2 Å². The van der Waals surface area contributed by atoms with Crippen molar-refractivity contribution >= 4 is 63.9 Å². The summed E-state index contributed by atoms with van der Waals surface area (Å²) in [5.41, 5.74) is 7.60. The molecule has 262 valence electrons. The number of nitrogens with one attached hydrogen (secondary N) is 2. The molecule has 2 aromatic carbocycles. The Hall–Kier alpha value is -2.44. The minimum absolute atomic E-state index is 0.0468. The first-order valence-electron chi connectivity index (χ1n) is 16.1. The van der Waals surface area contributed by atoms with Gasteiger partial charge in [0.25, 0.3) is 0 Å². The van der Waals surface area contributed by atoms with Crippen molar-refractivity contribution in [2.24, 2.45) is 23.5 Å². The van der Waals surface area contributed by atoms with E-state index in [9.17, 15) is 9.90 Å². The third kappa shape index (κ3) is 10.1. The SMILES string of the molecule is CC(C)CN(Cc1ccc(Cl)cc1Cl)c1ncnc(NC[C@H]2CCN(C(C(N)=O)C(NCc3ccc(Cl)cc3Cl)C(C)C)C[C@@H]2O)c1F. The number of hydrogen-bond acceptors (Lipinski definition) is 8. The number of amides is 1. The zero-order chi connectivity index (χ0) is 35.1. The van der Waals surface area contributed by atoms with Crippen molar-refractivity contribution in [1.82, 2.24) is 20.2 Å². The van der Waals surface area contributed by atoms with Crippen molar-refractivity contribution in [2.75, 3.05) is 36.4 Å². The zero-order valence-corrected chi connectivity index (χ0v) is 30.6. The van der Waals surface area contributed by atoms with Crippen LogP contribution in [0.4, 0.5) is 16.0 Å². The number of aliphatic hydroxyl groups is 1. The van der Waals surface area contributed by atoms with E-state index in [2.05, 4.69) is 20.6 Å².